The Kier molecular flexibility index (Phi) is 42.5. The van der Waals surface area contributed by atoms with Gasteiger partial charge in [-0.25, -0.2) is 0 Å². The Balaban J connectivity index is -0.000000121. The third-order valence-electron chi connectivity index (χ3n) is 1.17. The maximum Gasteiger partial charge on any atom is 0.150 e. The van der Waals surface area contributed by atoms with Gasteiger partial charge in [-0.15, -0.1) is 0 Å². The van der Waals surface area contributed by atoms with E-state index in [9.17, 15) is 9.59 Å². The van der Waals surface area contributed by atoms with Gasteiger partial charge >= 0.3 is 0 Å². The van der Waals surface area contributed by atoms with Crippen LogP contribution in [-0.4, -0.2) is 12.6 Å². The summed E-state index contributed by atoms with van der Waals surface area (Å²) in [6.45, 7) is 17.1. The summed E-state index contributed by atoms with van der Waals surface area (Å²) in [6.07, 6.45) is 5.85. The monoisotopic (exact) mass is 240 g/mol. The molecule has 0 heterocycles. The zero-order chi connectivity index (χ0) is 14.7. The average molecular weight is 240 g/mol. The number of carbonyl (C=O) groups excluding carboxylic acids is 2. The Morgan fingerprint density at radius 3 is 1.35 bits per heavy atom. The van der Waals surface area contributed by atoms with Crippen molar-refractivity contribution in [1.82, 2.24) is 0 Å². The lowest BCUT2D eigenvalue weighted by Gasteiger charge is -1.88. The van der Waals surface area contributed by atoms with E-state index in [-0.39, 0.29) is 0 Å². The van der Waals surface area contributed by atoms with E-state index in [0.29, 0.717) is 23.7 Å². The standard InChI is InChI=1S/C9H10O2.3C2H6/c1-3-8(6-10)5-9(4-2)7-11;3*1-2/h3-7H,1H2,2H3;3*1-2H3/b8-5+,9-4+;;;. The Morgan fingerprint density at radius 2 is 1.18 bits per heavy atom. The molecule has 0 aromatic rings. The molecule has 0 radical (unpaired) electrons. The van der Waals surface area contributed by atoms with Crippen LogP contribution in [0.25, 0.3) is 0 Å². The van der Waals surface area contributed by atoms with Gasteiger partial charge < -0.3 is 0 Å². The van der Waals surface area contributed by atoms with Crippen LogP contribution in [0.15, 0.2) is 36.0 Å². The lowest BCUT2D eigenvalue weighted by molar-refractivity contribution is -0.105. The summed E-state index contributed by atoms with van der Waals surface area (Å²) in [5.74, 6) is 0. The maximum atomic E-state index is 10.2. The molecule has 0 fully saturated rings. The number of hydrogen-bond acceptors (Lipinski definition) is 2. The van der Waals surface area contributed by atoms with Gasteiger partial charge in [0.05, 0.1) is 0 Å². The van der Waals surface area contributed by atoms with Crippen molar-refractivity contribution in [3.8, 4) is 0 Å². The van der Waals surface area contributed by atoms with Crippen molar-refractivity contribution in [3.05, 3.63) is 36.0 Å². The first-order valence-electron chi connectivity index (χ1n) is 6.19. The maximum absolute atomic E-state index is 10.2. The third kappa shape index (κ3) is 20.6. The van der Waals surface area contributed by atoms with E-state index >= 15 is 0 Å². The van der Waals surface area contributed by atoms with E-state index in [4.69, 9.17) is 0 Å². The molecule has 0 aliphatic heterocycles. The van der Waals surface area contributed by atoms with Crippen LogP contribution >= 0.6 is 0 Å². The predicted octanol–water partition coefficient (Wildman–Crippen LogP) is 4.52. The predicted molar refractivity (Wildman–Crippen MR) is 78.2 cm³/mol. The normalized spacial score (nSPS) is 9.12. The molecule has 0 rings (SSSR count). The number of allylic oxidation sites excluding steroid dienone is 5. The summed E-state index contributed by atoms with van der Waals surface area (Å²) >= 11 is 0. The van der Waals surface area contributed by atoms with Crippen LogP contribution in [0.5, 0.6) is 0 Å². The molecule has 0 amide bonds. The van der Waals surface area contributed by atoms with E-state index in [1.165, 1.54) is 12.2 Å². The molecule has 0 N–H and O–H groups in total. The highest BCUT2D eigenvalue weighted by molar-refractivity contribution is 5.84. The molecule has 100 valence electrons. The van der Waals surface area contributed by atoms with Gasteiger partial charge in [0, 0.05) is 11.1 Å². The second-order valence-corrected chi connectivity index (χ2v) is 1.87. The highest BCUT2D eigenvalue weighted by atomic mass is 16.1. The Morgan fingerprint density at radius 1 is 0.824 bits per heavy atom. The zero-order valence-corrected chi connectivity index (χ0v) is 12.4. The molecule has 0 unspecified atom stereocenters. The van der Waals surface area contributed by atoms with Crippen LogP contribution in [0.4, 0.5) is 0 Å². The van der Waals surface area contributed by atoms with Crippen molar-refractivity contribution in [2.75, 3.05) is 0 Å². The summed E-state index contributed by atoms with van der Waals surface area (Å²) in [7, 11) is 0. The van der Waals surface area contributed by atoms with Crippen molar-refractivity contribution >= 4 is 12.6 Å². The summed E-state index contributed by atoms with van der Waals surface area (Å²) in [6, 6.07) is 0. The van der Waals surface area contributed by atoms with Crippen molar-refractivity contribution < 1.29 is 9.59 Å². The van der Waals surface area contributed by atoms with Gasteiger partial charge in [-0.05, 0) is 13.0 Å². The van der Waals surface area contributed by atoms with Crippen molar-refractivity contribution in [1.29, 1.82) is 0 Å². The Bertz CT molecular complexity index is 213. The fourth-order valence-electron chi connectivity index (χ4n) is 0.519. The number of carbonyl (C=O) groups is 2. The van der Waals surface area contributed by atoms with Crippen LogP contribution in [0, 0.1) is 0 Å². The average Bonchev–Trinajstić information content (AvgIpc) is 2.47. The van der Waals surface area contributed by atoms with Gasteiger partial charge in [-0.3, -0.25) is 9.59 Å². The molecular weight excluding hydrogens is 212 g/mol. The first-order valence-corrected chi connectivity index (χ1v) is 6.19. The highest BCUT2D eigenvalue weighted by Gasteiger charge is 1.90. The van der Waals surface area contributed by atoms with Crippen LogP contribution in [0.1, 0.15) is 48.5 Å². The molecule has 0 atom stereocenters. The van der Waals surface area contributed by atoms with E-state index in [0.717, 1.165) is 0 Å². The molecule has 0 aromatic carbocycles. The minimum absolute atomic E-state index is 0.408. The molecule has 2 nitrogen and oxygen atoms in total. The molecule has 0 saturated heterocycles. The minimum atomic E-state index is 0.408. The van der Waals surface area contributed by atoms with Crippen molar-refractivity contribution in [2.24, 2.45) is 0 Å². The topological polar surface area (TPSA) is 34.1 Å². The van der Waals surface area contributed by atoms with E-state index < -0.39 is 0 Å². The Hall–Kier alpha value is -1.44. The van der Waals surface area contributed by atoms with Gasteiger partial charge in [0.15, 0.2) is 0 Å². The molecular formula is C15H28O2. The van der Waals surface area contributed by atoms with Gasteiger partial charge in [0.25, 0.3) is 0 Å². The molecule has 17 heavy (non-hydrogen) atoms. The number of aldehydes is 2. The lowest BCUT2D eigenvalue weighted by Crippen LogP contribution is -1.83. The first-order chi connectivity index (χ1) is 8.28. The first kappa shape index (κ1) is 24.7. The van der Waals surface area contributed by atoms with Gasteiger partial charge in [-0.1, -0.05) is 60.3 Å². The second-order valence-electron chi connectivity index (χ2n) is 1.87. The summed E-state index contributed by atoms with van der Waals surface area (Å²) in [4.78, 5) is 20.5. The van der Waals surface area contributed by atoms with Crippen LogP contribution in [-0.2, 0) is 9.59 Å². The molecule has 0 bridgehead atoms. The van der Waals surface area contributed by atoms with Crippen molar-refractivity contribution in [2.45, 2.75) is 48.5 Å². The fourth-order valence-corrected chi connectivity index (χ4v) is 0.519. The van der Waals surface area contributed by atoms with Gasteiger partial charge in [-0.2, -0.15) is 0 Å². The number of rotatable bonds is 4. The highest BCUT2D eigenvalue weighted by Crippen LogP contribution is 1.98. The quantitative estimate of drug-likeness (QED) is 0.411. The fraction of sp³-hybridized carbons (Fsp3) is 0.467. The largest absolute Gasteiger partial charge is 0.298 e. The summed E-state index contributed by atoms with van der Waals surface area (Å²) in [5.41, 5.74) is 0.886. The van der Waals surface area contributed by atoms with Gasteiger partial charge in [0.2, 0.25) is 0 Å². The zero-order valence-electron chi connectivity index (χ0n) is 12.4. The van der Waals surface area contributed by atoms with Crippen LogP contribution in [0.3, 0.4) is 0 Å². The second kappa shape index (κ2) is 29.3. The smallest absolute Gasteiger partial charge is 0.150 e. The molecule has 0 saturated carbocycles. The molecule has 0 aliphatic rings. The van der Waals surface area contributed by atoms with Crippen LogP contribution < -0.4 is 0 Å². The van der Waals surface area contributed by atoms with Crippen molar-refractivity contribution in [3.63, 3.8) is 0 Å². The van der Waals surface area contributed by atoms with E-state index in [1.54, 1.807) is 13.0 Å². The van der Waals surface area contributed by atoms with Gasteiger partial charge in [0.1, 0.15) is 12.6 Å². The minimum Gasteiger partial charge on any atom is -0.298 e. The third-order valence-corrected chi connectivity index (χ3v) is 1.17. The van der Waals surface area contributed by atoms with E-state index in [2.05, 4.69) is 6.58 Å². The molecule has 2 heteroatoms. The van der Waals surface area contributed by atoms with Crippen LogP contribution in [0.2, 0.25) is 0 Å². The summed E-state index contributed by atoms with van der Waals surface area (Å²) in [5, 5.41) is 0. The molecule has 0 spiro atoms. The summed E-state index contributed by atoms with van der Waals surface area (Å²) < 4.78 is 0. The number of hydrogen-bond donors (Lipinski definition) is 0. The van der Waals surface area contributed by atoms with E-state index in [1.807, 2.05) is 41.5 Å². The SMILES string of the molecule is C=C/C(C=O)=C\C(C=O)=C/C.CC.CC.CC. The lowest BCUT2D eigenvalue weighted by atomic mass is 10.2. The molecule has 0 aromatic heterocycles. The molecule has 0 aliphatic carbocycles. The Labute approximate surface area is 107 Å².